The molecule has 0 bridgehead atoms. The topological polar surface area (TPSA) is 114 Å². The van der Waals surface area contributed by atoms with Gasteiger partial charge in [-0.1, -0.05) is 6.07 Å². The highest BCUT2D eigenvalue weighted by molar-refractivity contribution is 7.91. The lowest BCUT2D eigenvalue weighted by Crippen LogP contribution is -2.49. The van der Waals surface area contributed by atoms with E-state index in [2.05, 4.69) is 0 Å². The van der Waals surface area contributed by atoms with Gasteiger partial charge in [0.1, 0.15) is 11.6 Å². The average Bonchev–Trinajstić information content (AvgIpc) is 3.06. The van der Waals surface area contributed by atoms with Crippen LogP contribution < -0.4 is 9.47 Å². The van der Waals surface area contributed by atoms with Gasteiger partial charge in [0, 0.05) is 5.57 Å². The Bertz CT molecular complexity index is 1110. The van der Waals surface area contributed by atoms with Crippen LogP contribution in [0.1, 0.15) is 25.8 Å². The number of methoxy groups -OCH3 is 1. The Kier molecular flexibility index (Phi) is 5.99. The number of ether oxygens (including phenoxy) is 2. The molecule has 8 nitrogen and oxygen atoms in total. The van der Waals surface area contributed by atoms with Crippen LogP contribution in [0.3, 0.4) is 0 Å². The summed E-state index contributed by atoms with van der Waals surface area (Å²) in [6.07, 6.45) is 1.73. The Labute approximate surface area is 175 Å². The van der Waals surface area contributed by atoms with Gasteiger partial charge in [-0.15, -0.1) is 0 Å². The predicted octanol–water partition coefficient (Wildman–Crippen LogP) is 1.87. The number of amides is 2. The van der Waals surface area contributed by atoms with E-state index in [-0.39, 0.29) is 34.6 Å². The molecule has 0 aliphatic carbocycles. The monoisotopic (exact) mass is 430 g/mol. The van der Waals surface area contributed by atoms with Crippen LogP contribution in [0.4, 0.5) is 0 Å². The van der Waals surface area contributed by atoms with Crippen molar-refractivity contribution in [3.63, 3.8) is 0 Å². The SMILES string of the molecule is CCOc1ccc(C=C2C(=O)N(C3CCS(=O)(=O)C3)C(=O)C(C#N)=C2C)cc1OC. The van der Waals surface area contributed by atoms with E-state index in [1.54, 1.807) is 24.3 Å². The largest absolute Gasteiger partial charge is 0.493 e. The van der Waals surface area contributed by atoms with Gasteiger partial charge < -0.3 is 9.47 Å². The third-order valence-electron chi connectivity index (χ3n) is 5.14. The van der Waals surface area contributed by atoms with Gasteiger partial charge in [0.2, 0.25) is 0 Å². The number of imide groups is 1. The molecule has 158 valence electrons. The van der Waals surface area contributed by atoms with Crippen LogP contribution in [0.2, 0.25) is 0 Å². The quantitative estimate of drug-likeness (QED) is 0.517. The van der Waals surface area contributed by atoms with E-state index in [4.69, 9.17) is 9.47 Å². The third kappa shape index (κ3) is 3.96. The van der Waals surface area contributed by atoms with Crippen molar-refractivity contribution in [2.24, 2.45) is 0 Å². The standard InChI is InChI=1S/C21H22N2O6S/c1-4-29-18-6-5-14(10-19(18)28-3)9-16-13(2)17(11-22)21(25)23(20(16)24)15-7-8-30(26,27)12-15/h5-6,9-10,15H,4,7-8,12H2,1-3H3. The second kappa shape index (κ2) is 8.32. The maximum Gasteiger partial charge on any atom is 0.271 e. The molecular formula is C21H22N2O6S. The first-order chi connectivity index (χ1) is 14.2. The lowest BCUT2D eigenvalue weighted by molar-refractivity contribution is -0.142. The van der Waals surface area contributed by atoms with Gasteiger partial charge >= 0.3 is 0 Å². The van der Waals surface area contributed by atoms with Crippen molar-refractivity contribution in [3.8, 4) is 17.6 Å². The number of nitriles is 1. The first-order valence-corrected chi connectivity index (χ1v) is 11.3. The van der Waals surface area contributed by atoms with Crippen molar-refractivity contribution in [2.75, 3.05) is 25.2 Å². The molecule has 1 aromatic rings. The minimum absolute atomic E-state index is 0.0888. The molecule has 2 heterocycles. The fourth-order valence-corrected chi connectivity index (χ4v) is 5.33. The maximum atomic E-state index is 13.2. The van der Waals surface area contributed by atoms with E-state index >= 15 is 0 Å². The third-order valence-corrected chi connectivity index (χ3v) is 6.90. The van der Waals surface area contributed by atoms with E-state index in [9.17, 15) is 23.3 Å². The number of hydrogen-bond donors (Lipinski definition) is 0. The Hall–Kier alpha value is -3.12. The van der Waals surface area contributed by atoms with Crippen LogP contribution in [-0.4, -0.2) is 56.4 Å². The maximum absolute atomic E-state index is 13.2. The van der Waals surface area contributed by atoms with E-state index in [0.717, 1.165) is 4.90 Å². The van der Waals surface area contributed by atoms with Crippen molar-refractivity contribution in [1.29, 1.82) is 5.26 Å². The smallest absolute Gasteiger partial charge is 0.271 e. The van der Waals surface area contributed by atoms with Gasteiger partial charge in [0.05, 0.1) is 31.3 Å². The van der Waals surface area contributed by atoms with Gasteiger partial charge in [0.15, 0.2) is 21.3 Å². The minimum atomic E-state index is -3.32. The molecule has 1 unspecified atom stereocenters. The molecule has 0 N–H and O–H groups in total. The molecule has 0 spiro atoms. The molecule has 1 saturated heterocycles. The molecule has 0 aromatic heterocycles. The lowest BCUT2D eigenvalue weighted by Gasteiger charge is -2.31. The Morgan fingerprint density at radius 3 is 2.57 bits per heavy atom. The van der Waals surface area contributed by atoms with E-state index in [1.807, 2.05) is 13.0 Å². The zero-order valence-corrected chi connectivity index (χ0v) is 17.8. The number of benzene rings is 1. The second-order valence-electron chi connectivity index (χ2n) is 7.05. The molecule has 2 aliphatic rings. The van der Waals surface area contributed by atoms with Crippen molar-refractivity contribution in [3.05, 3.63) is 40.5 Å². The Morgan fingerprint density at radius 1 is 1.27 bits per heavy atom. The highest BCUT2D eigenvalue weighted by Gasteiger charge is 2.43. The molecule has 0 radical (unpaired) electrons. The molecule has 3 rings (SSSR count). The summed E-state index contributed by atoms with van der Waals surface area (Å²) in [7, 11) is -1.82. The highest BCUT2D eigenvalue weighted by atomic mass is 32.2. The summed E-state index contributed by atoms with van der Waals surface area (Å²) < 4.78 is 34.6. The van der Waals surface area contributed by atoms with Gasteiger partial charge in [0.25, 0.3) is 11.8 Å². The van der Waals surface area contributed by atoms with Crippen molar-refractivity contribution >= 4 is 27.7 Å². The fraction of sp³-hybridized carbons (Fsp3) is 0.381. The van der Waals surface area contributed by atoms with Gasteiger partial charge in [-0.3, -0.25) is 14.5 Å². The van der Waals surface area contributed by atoms with Crippen LogP contribution in [-0.2, 0) is 19.4 Å². The summed E-state index contributed by atoms with van der Waals surface area (Å²) in [5.74, 6) is -0.697. The van der Waals surface area contributed by atoms with E-state index in [0.29, 0.717) is 23.7 Å². The number of rotatable bonds is 5. The highest BCUT2D eigenvalue weighted by Crippen LogP contribution is 2.33. The molecular weight excluding hydrogens is 408 g/mol. The molecule has 30 heavy (non-hydrogen) atoms. The van der Waals surface area contributed by atoms with Crippen molar-refractivity contribution < 1.29 is 27.5 Å². The summed E-state index contributed by atoms with van der Waals surface area (Å²) in [5.41, 5.74) is 0.880. The first kappa shape index (κ1) is 21.6. The number of carbonyl (C=O) groups excluding carboxylic acids is 2. The molecule has 1 aromatic carbocycles. The normalized spacial score (nSPS) is 22.4. The Morgan fingerprint density at radius 2 is 2.00 bits per heavy atom. The summed E-state index contributed by atoms with van der Waals surface area (Å²) in [4.78, 5) is 26.9. The second-order valence-corrected chi connectivity index (χ2v) is 9.28. The molecule has 2 aliphatic heterocycles. The number of carbonyl (C=O) groups is 2. The minimum Gasteiger partial charge on any atom is -0.493 e. The molecule has 1 atom stereocenters. The molecule has 1 fully saturated rings. The lowest BCUT2D eigenvalue weighted by atomic mass is 9.92. The molecule has 9 heteroatoms. The van der Waals surface area contributed by atoms with E-state index < -0.39 is 27.7 Å². The average molecular weight is 430 g/mol. The van der Waals surface area contributed by atoms with Crippen LogP contribution in [0.5, 0.6) is 11.5 Å². The predicted molar refractivity (Wildman–Crippen MR) is 109 cm³/mol. The summed E-state index contributed by atoms with van der Waals surface area (Å²) in [6, 6.07) is 6.21. The molecule has 2 amide bonds. The van der Waals surface area contributed by atoms with Gasteiger partial charge in [-0.2, -0.15) is 5.26 Å². The number of hydrogen-bond acceptors (Lipinski definition) is 7. The number of sulfone groups is 1. The van der Waals surface area contributed by atoms with E-state index in [1.165, 1.54) is 14.0 Å². The number of nitrogens with zero attached hydrogens (tertiary/aromatic N) is 2. The summed E-state index contributed by atoms with van der Waals surface area (Å²) in [6.45, 7) is 3.85. The Balaban J connectivity index is 2.07. The fourth-order valence-electron chi connectivity index (χ4n) is 3.63. The van der Waals surface area contributed by atoms with Crippen LogP contribution in [0, 0.1) is 11.3 Å². The van der Waals surface area contributed by atoms with Crippen LogP contribution in [0.25, 0.3) is 6.08 Å². The summed E-state index contributed by atoms with van der Waals surface area (Å²) >= 11 is 0. The van der Waals surface area contributed by atoms with Crippen molar-refractivity contribution in [2.45, 2.75) is 26.3 Å². The van der Waals surface area contributed by atoms with Gasteiger partial charge in [-0.25, -0.2) is 8.42 Å². The molecule has 0 saturated carbocycles. The zero-order chi connectivity index (χ0) is 22.1. The summed E-state index contributed by atoms with van der Waals surface area (Å²) in [5, 5.41) is 9.49. The van der Waals surface area contributed by atoms with Crippen molar-refractivity contribution in [1.82, 2.24) is 4.90 Å². The van der Waals surface area contributed by atoms with Crippen LogP contribution >= 0.6 is 0 Å². The van der Waals surface area contributed by atoms with Crippen LogP contribution in [0.15, 0.2) is 34.9 Å². The first-order valence-electron chi connectivity index (χ1n) is 9.44. The van der Waals surface area contributed by atoms with Gasteiger partial charge in [-0.05, 0) is 49.6 Å². The zero-order valence-electron chi connectivity index (χ0n) is 17.0.